The molecule has 3 nitrogen and oxygen atoms in total. The molecule has 0 bridgehead atoms. The Labute approximate surface area is 99.6 Å². The minimum Gasteiger partial charge on any atom is -0.355 e. The monoisotopic (exact) mass is 226 g/mol. The smallest absolute Gasteiger partial charge is 0.225 e. The summed E-state index contributed by atoms with van der Waals surface area (Å²) in [6, 6.07) is 0. The first-order valence-corrected chi connectivity index (χ1v) is 6.42. The van der Waals surface area contributed by atoms with E-state index in [1.165, 1.54) is 12.8 Å². The summed E-state index contributed by atoms with van der Waals surface area (Å²) in [5.74, 6) is 0.877. The molecule has 1 amide bonds. The van der Waals surface area contributed by atoms with Crippen molar-refractivity contribution in [3.8, 4) is 0 Å². The number of likely N-dealkylation sites (tertiary alicyclic amines) is 1. The van der Waals surface area contributed by atoms with E-state index < -0.39 is 0 Å². The zero-order valence-electron chi connectivity index (χ0n) is 11.2. The van der Waals surface area contributed by atoms with Crippen molar-refractivity contribution >= 4 is 5.91 Å². The molecule has 1 fully saturated rings. The van der Waals surface area contributed by atoms with Gasteiger partial charge in [-0.15, -0.1) is 0 Å². The van der Waals surface area contributed by atoms with Crippen LogP contribution in [0.5, 0.6) is 0 Å². The lowest BCUT2D eigenvalue weighted by Crippen LogP contribution is -2.41. The second-order valence-electron chi connectivity index (χ2n) is 5.69. The minimum absolute atomic E-state index is 0.203. The van der Waals surface area contributed by atoms with Gasteiger partial charge in [-0.2, -0.15) is 0 Å². The summed E-state index contributed by atoms with van der Waals surface area (Å²) < 4.78 is 0. The molecule has 94 valence electrons. The number of hydrogen-bond acceptors (Lipinski definition) is 2. The second kappa shape index (κ2) is 5.67. The Morgan fingerprint density at radius 3 is 2.44 bits per heavy atom. The van der Waals surface area contributed by atoms with Crippen LogP contribution < -0.4 is 5.32 Å². The van der Waals surface area contributed by atoms with Crippen LogP contribution in [0.1, 0.15) is 40.0 Å². The van der Waals surface area contributed by atoms with Gasteiger partial charge in [-0.1, -0.05) is 20.8 Å². The average Bonchev–Trinajstić information content (AvgIpc) is 2.28. The van der Waals surface area contributed by atoms with Crippen LogP contribution >= 0.6 is 0 Å². The van der Waals surface area contributed by atoms with Crippen molar-refractivity contribution in [1.82, 2.24) is 10.2 Å². The Hall–Kier alpha value is -0.570. The van der Waals surface area contributed by atoms with E-state index in [1.54, 1.807) is 0 Å². The van der Waals surface area contributed by atoms with Crippen molar-refractivity contribution in [2.45, 2.75) is 40.0 Å². The van der Waals surface area contributed by atoms with Gasteiger partial charge in [0, 0.05) is 12.0 Å². The zero-order valence-corrected chi connectivity index (χ0v) is 11.2. The highest BCUT2D eigenvalue weighted by molar-refractivity contribution is 5.81. The van der Waals surface area contributed by atoms with Gasteiger partial charge < -0.3 is 10.2 Å². The number of nitrogens with one attached hydrogen (secondary N) is 1. The Morgan fingerprint density at radius 1 is 1.38 bits per heavy atom. The number of carbonyl (C=O) groups is 1. The molecule has 1 rings (SSSR count). The first-order valence-electron chi connectivity index (χ1n) is 6.42. The number of amides is 1. The lowest BCUT2D eigenvalue weighted by atomic mass is 9.88. The van der Waals surface area contributed by atoms with Crippen LogP contribution in [0.15, 0.2) is 0 Å². The van der Waals surface area contributed by atoms with Gasteiger partial charge in [-0.3, -0.25) is 4.79 Å². The molecule has 16 heavy (non-hydrogen) atoms. The Bertz CT molecular complexity index is 230. The van der Waals surface area contributed by atoms with Crippen molar-refractivity contribution in [3.63, 3.8) is 0 Å². The second-order valence-corrected chi connectivity index (χ2v) is 5.69. The number of piperidine rings is 1. The molecule has 1 aliphatic heterocycles. The number of rotatable bonds is 4. The fraction of sp³-hybridized carbons (Fsp3) is 0.923. The zero-order chi connectivity index (χ0) is 12.2. The first kappa shape index (κ1) is 13.5. The van der Waals surface area contributed by atoms with Crippen LogP contribution in [0.2, 0.25) is 0 Å². The first-order chi connectivity index (χ1) is 7.45. The molecule has 0 spiro atoms. The third-order valence-electron chi connectivity index (χ3n) is 3.89. The SMILES string of the molecule is CCC(C)(C)C(=O)NCC1CCN(C)CC1. The van der Waals surface area contributed by atoms with E-state index in [-0.39, 0.29) is 11.3 Å². The summed E-state index contributed by atoms with van der Waals surface area (Å²) in [6.45, 7) is 9.27. The van der Waals surface area contributed by atoms with Gasteiger partial charge in [0.05, 0.1) is 0 Å². The van der Waals surface area contributed by atoms with Gasteiger partial charge >= 0.3 is 0 Å². The maximum absolute atomic E-state index is 11.9. The number of hydrogen-bond donors (Lipinski definition) is 1. The molecular weight excluding hydrogens is 200 g/mol. The fourth-order valence-corrected chi connectivity index (χ4v) is 1.90. The van der Waals surface area contributed by atoms with Crippen LogP contribution in [0.4, 0.5) is 0 Å². The normalized spacial score (nSPS) is 19.8. The highest BCUT2D eigenvalue weighted by Crippen LogP contribution is 2.20. The molecule has 1 saturated heterocycles. The van der Waals surface area contributed by atoms with Crippen LogP contribution in [0.3, 0.4) is 0 Å². The molecule has 0 unspecified atom stereocenters. The van der Waals surface area contributed by atoms with Crippen LogP contribution in [0.25, 0.3) is 0 Å². The van der Waals surface area contributed by atoms with Crippen LogP contribution in [-0.2, 0) is 4.79 Å². The van der Waals surface area contributed by atoms with Crippen LogP contribution in [-0.4, -0.2) is 37.5 Å². The van der Waals surface area contributed by atoms with E-state index in [4.69, 9.17) is 0 Å². The van der Waals surface area contributed by atoms with Crippen molar-refractivity contribution in [1.29, 1.82) is 0 Å². The Kier molecular flexibility index (Phi) is 4.78. The molecular formula is C13H26N2O. The largest absolute Gasteiger partial charge is 0.355 e. The van der Waals surface area contributed by atoms with Crippen molar-refractivity contribution in [2.24, 2.45) is 11.3 Å². The molecule has 1 N–H and O–H groups in total. The van der Waals surface area contributed by atoms with E-state index in [0.29, 0.717) is 5.92 Å². The van der Waals surface area contributed by atoms with Gasteiger partial charge in [0.15, 0.2) is 0 Å². The molecule has 0 aromatic rings. The Morgan fingerprint density at radius 2 is 1.94 bits per heavy atom. The van der Waals surface area contributed by atoms with Crippen molar-refractivity contribution in [3.05, 3.63) is 0 Å². The molecule has 0 aromatic heterocycles. The maximum atomic E-state index is 11.9. The van der Waals surface area contributed by atoms with E-state index in [2.05, 4.69) is 24.2 Å². The van der Waals surface area contributed by atoms with E-state index >= 15 is 0 Å². The van der Waals surface area contributed by atoms with Gasteiger partial charge in [0.1, 0.15) is 0 Å². The highest BCUT2D eigenvalue weighted by atomic mass is 16.2. The number of carbonyl (C=O) groups excluding carboxylic acids is 1. The lowest BCUT2D eigenvalue weighted by Gasteiger charge is -2.30. The van der Waals surface area contributed by atoms with Gasteiger partial charge in [0.2, 0.25) is 5.91 Å². The molecule has 1 heterocycles. The summed E-state index contributed by atoms with van der Waals surface area (Å²) in [7, 11) is 2.16. The molecule has 0 aromatic carbocycles. The van der Waals surface area contributed by atoms with E-state index in [0.717, 1.165) is 26.1 Å². The van der Waals surface area contributed by atoms with Gasteiger partial charge in [-0.25, -0.2) is 0 Å². The standard InChI is InChI=1S/C13H26N2O/c1-5-13(2,3)12(16)14-10-11-6-8-15(4)9-7-11/h11H,5-10H2,1-4H3,(H,14,16). The quantitative estimate of drug-likeness (QED) is 0.794. The predicted molar refractivity (Wildman–Crippen MR) is 67.3 cm³/mol. The van der Waals surface area contributed by atoms with Gasteiger partial charge in [0.25, 0.3) is 0 Å². The predicted octanol–water partition coefficient (Wildman–Crippen LogP) is 1.88. The molecule has 0 aliphatic carbocycles. The van der Waals surface area contributed by atoms with Crippen LogP contribution in [0, 0.1) is 11.3 Å². The average molecular weight is 226 g/mol. The maximum Gasteiger partial charge on any atom is 0.225 e. The number of nitrogens with zero attached hydrogens (tertiary/aromatic N) is 1. The summed E-state index contributed by atoms with van der Waals surface area (Å²) >= 11 is 0. The third kappa shape index (κ3) is 3.78. The molecule has 0 atom stereocenters. The van der Waals surface area contributed by atoms with E-state index in [9.17, 15) is 4.79 Å². The lowest BCUT2D eigenvalue weighted by molar-refractivity contribution is -0.129. The van der Waals surface area contributed by atoms with E-state index in [1.807, 2.05) is 13.8 Å². The highest BCUT2D eigenvalue weighted by Gasteiger charge is 2.26. The molecule has 0 radical (unpaired) electrons. The Balaban J connectivity index is 2.27. The topological polar surface area (TPSA) is 32.3 Å². The van der Waals surface area contributed by atoms with Gasteiger partial charge in [-0.05, 0) is 45.3 Å². The molecule has 0 saturated carbocycles. The fourth-order valence-electron chi connectivity index (χ4n) is 1.90. The summed E-state index contributed by atoms with van der Waals surface area (Å²) in [6.07, 6.45) is 3.32. The summed E-state index contributed by atoms with van der Waals surface area (Å²) in [5, 5.41) is 3.10. The minimum atomic E-state index is -0.217. The molecule has 1 aliphatic rings. The third-order valence-corrected chi connectivity index (χ3v) is 3.89. The van der Waals surface area contributed by atoms with Crippen molar-refractivity contribution < 1.29 is 4.79 Å². The summed E-state index contributed by atoms with van der Waals surface area (Å²) in [5.41, 5.74) is -0.217. The van der Waals surface area contributed by atoms with Crippen molar-refractivity contribution in [2.75, 3.05) is 26.7 Å². The summed E-state index contributed by atoms with van der Waals surface area (Å²) in [4.78, 5) is 14.2. The molecule has 3 heteroatoms.